The first-order chi connectivity index (χ1) is 6.70. The predicted octanol–water partition coefficient (Wildman–Crippen LogP) is 2.04. The summed E-state index contributed by atoms with van der Waals surface area (Å²) in [5.74, 6) is -1.09. The Hall–Kier alpha value is -0.900. The first-order valence-electron chi connectivity index (χ1n) is 4.41. The van der Waals surface area contributed by atoms with Crippen LogP contribution in [0.15, 0.2) is 24.3 Å². The summed E-state index contributed by atoms with van der Waals surface area (Å²) in [6.45, 7) is 1.99. The molecule has 0 N–H and O–H groups in total. The van der Waals surface area contributed by atoms with Crippen LogP contribution in [-0.4, -0.2) is 21.3 Å². The van der Waals surface area contributed by atoms with Crippen LogP contribution in [0.3, 0.4) is 0 Å². The molecule has 0 spiro atoms. The SMILES string of the molecule is COC(OC)(OC)c1ccccc1C. The average molecular weight is 196 g/mol. The molecule has 1 aromatic carbocycles. The van der Waals surface area contributed by atoms with Crippen molar-refractivity contribution in [1.82, 2.24) is 0 Å². The third-order valence-corrected chi connectivity index (χ3v) is 2.28. The van der Waals surface area contributed by atoms with E-state index in [2.05, 4.69) is 0 Å². The topological polar surface area (TPSA) is 27.7 Å². The van der Waals surface area contributed by atoms with Crippen molar-refractivity contribution in [2.75, 3.05) is 21.3 Å². The third-order valence-electron chi connectivity index (χ3n) is 2.28. The Bertz CT molecular complexity index is 284. The minimum Gasteiger partial charge on any atom is -0.327 e. The van der Waals surface area contributed by atoms with Crippen molar-refractivity contribution in [2.24, 2.45) is 0 Å². The fraction of sp³-hybridized carbons (Fsp3) is 0.455. The fourth-order valence-corrected chi connectivity index (χ4v) is 1.50. The zero-order valence-electron chi connectivity index (χ0n) is 9.03. The van der Waals surface area contributed by atoms with Crippen molar-refractivity contribution < 1.29 is 14.2 Å². The van der Waals surface area contributed by atoms with Crippen LogP contribution in [0.4, 0.5) is 0 Å². The Morgan fingerprint density at radius 2 is 1.43 bits per heavy atom. The van der Waals surface area contributed by atoms with E-state index >= 15 is 0 Å². The van der Waals surface area contributed by atoms with Crippen molar-refractivity contribution in [1.29, 1.82) is 0 Å². The van der Waals surface area contributed by atoms with Gasteiger partial charge in [-0.15, -0.1) is 0 Å². The second kappa shape index (κ2) is 4.55. The molecule has 0 heterocycles. The summed E-state index contributed by atoms with van der Waals surface area (Å²) in [6, 6.07) is 7.80. The first-order valence-corrected chi connectivity index (χ1v) is 4.41. The molecule has 0 aliphatic heterocycles. The normalized spacial score (nSPS) is 11.7. The molecule has 0 radical (unpaired) electrons. The second-order valence-electron chi connectivity index (χ2n) is 2.98. The van der Waals surface area contributed by atoms with E-state index in [0.29, 0.717) is 0 Å². The van der Waals surface area contributed by atoms with E-state index in [1.165, 1.54) is 0 Å². The Kier molecular flexibility index (Phi) is 3.63. The predicted molar refractivity (Wildman–Crippen MR) is 53.9 cm³/mol. The quantitative estimate of drug-likeness (QED) is 0.690. The van der Waals surface area contributed by atoms with Crippen LogP contribution >= 0.6 is 0 Å². The lowest BCUT2D eigenvalue weighted by Gasteiger charge is -2.30. The van der Waals surface area contributed by atoms with Gasteiger partial charge >= 0.3 is 5.97 Å². The zero-order valence-corrected chi connectivity index (χ0v) is 9.03. The summed E-state index contributed by atoms with van der Waals surface area (Å²) in [7, 11) is 4.66. The number of benzene rings is 1. The summed E-state index contributed by atoms with van der Waals surface area (Å²) in [5.41, 5.74) is 1.95. The molecule has 3 nitrogen and oxygen atoms in total. The maximum atomic E-state index is 5.26. The summed E-state index contributed by atoms with van der Waals surface area (Å²) >= 11 is 0. The third kappa shape index (κ3) is 1.80. The molecule has 14 heavy (non-hydrogen) atoms. The highest BCUT2D eigenvalue weighted by molar-refractivity contribution is 5.28. The van der Waals surface area contributed by atoms with Crippen LogP contribution in [-0.2, 0) is 20.2 Å². The number of hydrogen-bond acceptors (Lipinski definition) is 3. The Morgan fingerprint density at radius 3 is 1.86 bits per heavy atom. The Labute approximate surface area is 84.6 Å². The fourth-order valence-electron chi connectivity index (χ4n) is 1.50. The molecule has 3 heteroatoms. The van der Waals surface area contributed by atoms with Crippen LogP contribution in [0, 0.1) is 6.92 Å². The van der Waals surface area contributed by atoms with Gasteiger partial charge in [0.2, 0.25) is 0 Å². The number of ether oxygens (including phenoxy) is 3. The molecule has 0 saturated carbocycles. The second-order valence-corrected chi connectivity index (χ2v) is 2.98. The average Bonchev–Trinajstić information content (AvgIpc) is 2.24. The van der Waals surface area contributed by atoms with Crippen LogP contribution < -0.4 is 0 Å². The van der Waals surface area contributed by atoms with Gasteiger partial charge in [-0.2, -0.15) is 0 Å². The van der Waals surface area contributed by atoms with Gasteiger partial charge in [-0.1, -0.05) is 24.3 Å². The molecule has 0 aliphatic rings. The van der Waals surface area contributed by atoms with E-state index in [1.54, 1.807) is 21.3 Å². The molecule has 0 aromatic heterocycles. The molecule has 0 amide bonds. The van der Waals surface area contributed by atoms with E-state index in [-0.39, 0.29) is 0 Å². The Balaban J connectivity index is 3.17. The van der Waals surface area contributed by atoms with Crippen molar-refractivity contribution in [3.8, 4) is 0 Å². The number of methoxy groups -OCH3 is 3. The lowest BCUT2D eigenvalue weighted by atomic mass is 10.1. The molecule has 0 bridgehead atoms. The molecular formula is C11H16O3. The molecule has 1 aromatic rings. The molecule has 0 atom stereocenters. The smallest absolute Gasteiger partial charge is 0.311 e. The number of aryl methyl sites for hydroxylation is 1. The summed E-state index contributed by atoms with van der Waals surface area (Å²) in [4.78, 5) is 0. The van der Waals surface area contributed by atoms with Gasteiger partial charge < -0.3 is 14.2 Å². The molecule has 0 saturated heterocycles. The molecule has 0 aliphatic carbocycles. The van der Waals surface area contributed by atoms with Gasteiger partial charge in [-0.05, 0) is 12.5 Å². The summed E-state index contributed by atoms with van der Waals surface area (Å²) in [5, 5.41) is 0. The summed E-state index contributed by atoms with van der Waals surface area (Å²) in [6.07, 6.45) is 0. The minimum atomic E-state index is -1.09. The highest BCUT2D eigenvalue weighted by atomic mass is 16.9. The monoisotopic (exact) mass is 196 g/mol. The van der Waals surface area contributed by atoms with Crippen LogP contribution in [0.1, 0.15) is 11.1 Å². The Morgan fingerprint density at radius 1 is 0.929 bits per heavy atom. The molecule has 0 unspecified atom stereocenters. The largest absolute Gasteiger partial charge is 0.327 e. The highest BCUT2D eigenvalue weighted by Crippen LogP contribution is 2.28. The molecule has 0 fully saturated rings. The van der Waals surface area contributed by atoms with Crippen LogP contribution in [0.25, 0.3) is 0 Å². The molecular weight excluding hydrogens is 180 g/mol. The van der Waals surface area contributed by atoms with Crippen LogP contribution in [0.2, 0.25) is 0 Å². The van der Waals surface area contributed by atoms with Crippen molar-refractivity contribution in [3.05, 3.63) is 35.4 Å². The number of rotatable bonds is 4. The maximum absolute atomic E-state index is 5.26. The van der Waals surface area contributed by atoms with Crippen molar-refractivity contribution >= 4 is 0 Å². The van der Waals surface area contributed by atoms with Crippen LogP contribution in [0.5, 0.6) is 0 Å². The van der Waals surface area contributed by atoms with Gasteiger partial charge in [0.15, 0.2) is 0 Å². The van der Waals surface area contributed by atoms with Gasteiger partial charge in [0.25, 0.3) is 0 Å². The van der Waals surface area contributed by atoms with Gasteiger partial charge in [0.1, 0.15) is 0 Å². The van der Waals surface area contributed by atoms with Crippen molar-refractivity contribution in [2.45, 2.75) is 12.9 Å². The van der Waals surface area contributed by atoms with E-state index in [1.807, 2.05) is 31.2 Å². The van der Waals surface area contributed by atoms with Gasteiger partial charge in [-0.3, -0.25) is 0 Å². The minimum absolute atomic E-state index is 0.882. The number of hydrogen-bond donors (Lipinski definition) is 0. The van der Waals surface area contributed by atoms with Crippen molar-refractivity contribution in [3.63, 3.8) is 0 Å². The zero-order chi connectivity index (χ0) is 10.6. The lowest BCUT2D eigenvalue weighted by Crippen LogP contribution is -2.33. The van der Waals surface area contributed by atoms with E-state index in [4.69, 9.17) is 14.2 Å². The first kappa shape index (κ1) is 11.2. The van der Waals surface area contributed by atoms with Gasteiger partial charge in [0, 0.05) is 26.9 Å². The maximum Gasteiger partial charge on any atom is 0.311 e. The van der Waals surface area contributed by atoms with Gasteiger partial charge in [-0.25, -0.2) is 0 Å². The highest BCUT2D eigenvalue weighted by Gasteiger charge is 2.33. The van der Waals surface area contributed by atoms with E-state index in [9.17, 15) is 0 Å². The van der Waals surface area contributed by atoms with E-state index in [0.717, 1.165) is 11.1 Å². The molecule has 78 valence electrons. The van der Waals surface area contributed by atoms with Gasteiger partial charge in [0.05, 0.1) is 0 Å². The molecule has 1 rings (SSSR count). The lowest BCUT2D eigenvalue weighted by molar-refractivity contribution is -0.364. The van der Waals surface area contributed by atoms with E-state index < -0.39 is 5.97 Å². The summed E-state index contributed by atoms with van der Waals surface area (Å²) < 4.78 is 15.8. The standard InChI is InChI=1S/C11H16O3/c1-9-7-5-6-8-10(9)11(12-2,13-3)14-4/h5-8H,1-4H3.